The SMILES string of the molecule is O=C(CC1CCCO1)Nc1ccnn1-c1cccc(Cl)c1. The van der Waals surface area contributed by atoms with Crippen LogP contribution in [-0.2, 0) is 9.53 Å². The van der Waals surface area contributed by atoms with E-state index >= 15 is 0 Å². The van der Waals surface area contributed by atoms with Crippen molar-refractivity contribution in [2.24, 2.45) is 0 Å². The Hall–Kier alpha value is -1.85. The van der Waals surface area contributed by atoms with Gasteiger partial charge in [-0.05, 0) is 31.0 Å². The Kier molecular flexibility index (Phi) is 4.22. The molecule has 1 atom stereocenters. The van der Waals surface area contributed by atoms with E-state index in [0.717, 1.165) is 25.1 Å². The lowest BCUT2D eigenvalue weighted by atomic mass is 10.2. The summed E-state index contributed by atoms with van der Waals surface area (Å²) in [6, 6.07) is 9.08. The molecule has 2 heterocycles. The average molecular weight is 306 g/mol. The van der Waals surface area contributed by atoms with Crippen LogP contribution in [-0.4, -0.2) is 28.4 Å². The quantitative estimate of drug-likeness (QED) is 0.944. The lowest BCUT2D eigenvalue weighted by Gasteiger charge is -2.11. The number of carbonyl (C=O) groups excluding carboxylic acids is 1. The molecule has 0 bridgehead atoms. The third kappa shape index (κ3) is 3.43. The van der Waals surface area contributed by atoms with E-state index in [1.54, 1.807) is 29.1 Å². The Labute approximate surface area is 127 Å². The maximum absolute atomic E-state index is 12.1. The Balaban J connectivity index is 1.71. The molecule has 1 aliphatic rings. The van der Waals surface area contributed by atoms with Crippen molar-refractivity contribution in [3.63, 3.8) is 0 Å². The van der Waals surface area contributed by atoms with Gasteiger partial charge >= 0.3 is 0 Å². The Morgan fingerprint density at radius 3 is 3.14 bits per heavy atom. The highest BCUT2D eigenvalue weighted by atomic mass is 35.5. The van der Waals surface area contributed by atoms with Crippen LogP contribution in [0.5, 0.6) is 0 Å². The van der Waals surface area contributed by atoms with Gasteiger partial charge in [0.15, 0.2) is 0 Å². The fourth-order valence-electron chi connectivity index (χ4n) is 2.42. The van der Waals surface area contributed by atoms with Gasteiger partial charge < -0.3 is 10.1 Å². The van der Waals surface area contributed by atoms with Crippen LogP contribution in [0.1, 0.15) is 19.3 Å². The number of hydrogen-bond acceptors (Lipinski definition) is 3. The number of rotatable bonds is 4. The summed E-state index contributed by atoms with van der Waals surface area (Å²) >= 11 is 5.99. The van der Waals surface area contributed by atoms with Gasteiger partial charge in [0.05, 0.1) is 24.4 Å². The predicted molar refractivity (Wildman–Crippen MR) is 80.8 cm³/mol. The molecule has 1 aromatic heterocycles. The van der Waals surface area contributed by atoms with Crippen molar-refractivity contribution in [3.05, 3.63) is 41.6 Å². The van der Waals surface area contributed by atoms with Crippen molar-refractivity contribution in [2.45, 2.75) is 25.4 Å². The topological polar surface area (TPSA) is 56.1 Å². The minimum Gasteiger partial charge on any atom is -0.378 e. The minimum absolute atomic E-state index is 0.0348. The minimum atomic E-state index is -0.0642. The lowest BCUT2D eigenvalue weighted by molar-refractivity contribution is -0.118. The summed E-state index contributed by atoms with van der Waals surface area (Å²) in [5, 5.41) is 7.72. The summed E-state index contributed by atoms with van der Waals surface area (Å²) < 4.78 is 7.12. The molecular weight excluding hydrogens is 290 g/mol. The van der Waals surface area contributed by atoms with E-state index in [1.807, 2.05) is 12.1 Å². The third-order valence-electron chi connectivity index (χ3n) is 3.40. The van der Waals surface area contributed by atoms with Crippen molar-refractivity contribution in [1.29, 1.82) is 0 Å². The van der Waals surface area contributed by atoms with E-state index in [-0.39, 0.29) is 12.0 Å². The molecule has 6 heteroatoms. The zero-order valence-electron chi connectivity index (χ0n) is 11.5. The smallest absolute Gasteiger partial charge is 0.228 e. The van der Waals surface area contributed by atoms with Crippen LogP contribution in [0.4, 0.5) is 5.82 Å². The highest BCUT2D eigenvalue weighted by molar-refractivity contribution is 6.30. The van der Waals surface area contributed by atoms with Crippen LogP contribution in [0.25, 0.3) is 5.69 Å². The van der Waals surface area contributed by atoms with Gasteiger partial charge in [-0.15, -0.1) is 0 Å². The number of halogens is 1. The molecule has 21 heavy (non-hydrogen) atoms. The Bertz CT molecular complexity index is 635. The monoisotopic (exact) mass is 305 g/mol. The number of anilines is 1. The second-order valence-corrected chi connectivity index (χ2v) is 5.43. The molecule has 1 N–H and O–H groups in total. The van der Waals surface area contributed by atoms with Gasteiger partial charge in [0, 0.05) is 17.7 Å². The fourth-order valence-corrected chi connectivity index (χ4v) is 2.60. The fraction of sp³-hybridized carbons (Fsp3) is 0.333. The van der Waals surface area contributed by atoms with E-state index in [2.05, 4.69) is 10.4 Å². The molecule has 1 amide bonds. The molecule has 110 valence electrons. The molecule has 0 aliphatic carbocycles. The van der Waals surface area contributed by atoms with Crippen molar-refractivity contribution >= 4 is 23.3 Å². The Morgan fingerprint density at radius 2 is 2.38 bits per heavy atom. The predicted octanol–water partition coefficient (Wildman–Crippen LogP) is 3.03. The maximum atomic E-state index is 12.1. The van der Waals surface area contributed by atoms with Crippen molar-refractivity contribution in [3.8, 4) is 5.69 Å². The van der Waals surface area contributed by atoms with Crippen molar-refractivity contribution in [1.82, 2.24) is 9.78 Å². The van der Waals surface area contributed by atoms with Gasteiger partial charge in [0.2, 0.25) is 5.91 Å². The number of nitrogens with zero attached hydrogens (tertiary/aromatic N) is 2. The average Bonchev–Trinajstić information content (AvgIpc) is 3.10. The van der Waals surface area contributed by atoms with Crippen LogP contribution in [0, 0.1) is 0 Å². The molecule has 1 saturated heterocycles. The zero-order valence-corrected chi connectivity index (χ0v) is 12.2. The largest absolute Gasteiger partial charge is 0.378 e. The van der Waals surface area contributed by atoms with E-state index in [1.165, 1.54) is 0 Å². The molecule has 1 unspecified atom stereocenters. The second kappa shape index (κ2) is 6.28. The van der Waals surface area contributed by atoms with Gasteiger partial charge in [-0.25, -0.2) is 4.68 Å². The summed E-state index contributed by atoms with van der Waals surface area (Å²) in [4.78, 5) is 12.1. The zero-order chi connectivity index (χ0) is 14.7. The van der Waals surface area contributed by atoms with Crippen LogP contribution >= 0.6 is 11.6 Å². The number of ether oxygens (including phenoxy) is 1. The number of amides is 1. The lowest BCUT2D eigenvalue weighted by Crippen LogP contribution is -2.20. The normalized spacial score (nSPS) is 17.9. The van der Waals surface area contributed by atoms with Crippen LogP contribution in [0.15, 0.2) is 36.5 Å². The first-order valence-corrected chi connectivity index (χ1v) is 7.31. The van der Waals surface area contributed by atoms with Crippen molar-refractivity contribution < 1.29 is 9.53 Å². The molecule has 2 aromatic rings. The maximum Gasteiger partial charge on any atom is 0.228 e. The standard InChI is InChI=1S/C15H16ClN3O2/c16-11-3-1-4-12(9-11)19-14(6-7-17-19)18-15(20)10-13-5-2-8-21-13/h1,3-4,6-7,9,13H,2,5,8,10H2,(H,18,20). The van der Waals surface area contributed by atoms with E-state index in [9.17, 15) is 4.79 Å². The highest BCUT2D eigenvalue weighted by Crippen LogP contribution is 2.20. The molecule has 0 saturated carbocycles. The van der Waals surface area contributed by atoms with Gasteiger partial charge in [0.1, 0.15) is 5.82 Å². The molecule has 5 nitrogen and oxygen atoms in total. The first-order valence-electron chi connectivity index (χ1n) is 6.94. The van der Waals surface area contributed by atoms with Crippen LogP contribution in [0.3, 0.4) is 0 Å². The van der Waals surface area contributed by atoms with Gasteiger partial charge in [-0.2, -0.15) is 5.10 Å². The van der Waals surface area contributed by atoms with Crippen molar-refractivity contribution in [2.75, 3.05) is 11.9 Å². The van der Waals surface area contributed by atoms with Gasteiger partial charge in [-0.3, -0.25) is 4.79 Å². The van der Waals surface area contributed by atoms with E-state index in [0.29, 0.717) is 17.3 Å². The molecule has 1 aliphatic heterocycles. The Morgan fingerprint density at radius 1 is 1.48 bits per heavy atom. The summed E-state index contributed by atoms with van der Waals surface area (Å²) in [6.07, 6.45) is 4.02. The molecular formula is C15H16ClN3O2. The van der Waals surface area contributed by atoms with E-state index < -0.39 is 0 Å². The molecule has 1 fully saturated rings. The third-order valence-corrected chi connectivity index (χ3v) is 3.64. The van der Waals surface area contributed by atoms with Crippen LogP contribution in [0.2, 0.25) is 5.02 Å². The molecule has 0 radical (unpaired) electrons. The first kappa shape index (κ1) is 14.1. The number of hydrogen-bond donors (Lipinski definition) is 1. The summed E-state index contributed by atoms with van der Waals surface area (Å²) in [6.45, 7) is 0.748. The molecule has 0 spiro atoms. The number of nitrogens with one attached hydrogen (secondary N) is 1. The second-order valence-electron chi connectivity index (χ2n) is 5.00. The number of carbonyl (C=O) groups is 1. The summed E-state index contributed by atoms with van der Waals surface area (Å²) in [5.74, 6) is 0.561. The first-order chi connectivity index (χ1) is 10.2. The van der Waals surface area contributed by atoms with E-state index in [4.69, 9.17) is 16.3 Å². The summed E-state index contributed by atoms with van der Waals surface area (Å²) in [7, 11) is 0. The summed E-state index contributed by atoms with van der Waals surface area (Å²) in [5.41, 5.74) is 0.805. The van der Waals surface area contributed by atoms with Crippen LogP contribution < -0.4 is 5.32 Å². The van der Waals surface area contributed by atoms with Gasteiger partial charge in [-0.1, -0.05) is 17.7 Å². The molecule has 3 rings (SSSR count). The molecule has 1 aromatic carbocycles. The van der Waals surface area contributed by atoms with Gasteiger partial charge in [0.25, 0.3) is 0 Å². The number of benzene rings is 1. The number of aromatic nitrogens is 2. The highest BCUT2D eigenvalue weighted by Gasteiger charge is 2.19.